The quantitative estimate of drug-likeness (QED) is 0.806. The number of thiophene rings is 1. The molecule has 0 saturated carbocycles. The van der Waals surface area contributed by atoms with Gasteiger partial charge in [-0.05, 0) is 39.7 Å². The molecule has 0 spiro atoms. The Morgan fingerprint density at radius 1 is 1.24 bits per heavy atom. The van der Waals surface area contributed by atoms with Crippen LogP contribution < -0.4 is 5.73 Å². The second kappa shape index (κ2) is 5.24. The summed E-state index contributed by atoms with van der Waals surface area (Å²) in [6.45, 7) is 0. The summed E-state index contributed by atoms with van der Waals surface area (Å²) in [5.74, 6) is -0.451. The van der Waals surface area contributed by atoms with Crippen molar-refractivity contribution in [1.82, 2.24) is 0 Å². The predicted molar refractivity (Wildman–Crippen MR) is 74.5 cm³/mol. The lowest BCUT2D eigenvalue weighted by Gasteiger charge is -2.10. The molecule has 0 saturated heterocycles. The van der Waals surface area contributed by atoms with Crippen LogP contribution in [0.4, 0.5) is 4.39 Å². The Morgan fingerprint density at radius 2 is 1.94 bits per heavy atom. The Bertz CT molecular complexity index is 539. The van der Waals surface area contributed by atoms with Gasteiger partial charge in [-0.1, -0.05) is 29.3 Å². The first-order valence-electron chi connectivity index (χ1n) is 4.64. The molecule has 1 aromatic carbocycles. The molecule has 1 aromatic heterocycles. The summed E-state index contributed by atoms with van der Waals surface area (Å²) in [6.07, 6.45) is 0. The SMILES string of the molecule is NC(c1ccc(F)c(Cl)c1)c1cc(Cl)c(Br)s1. The molecule has 2 aromatic rings. The van der Waals surface area contributed by atoms with Crippen molar-refractivity contribution in [3.05, 3.63) is 54.4 Å². The molecule has 6 heteroatoms. The predicted octanol–water partition coefficient (Wildman–Crippen LogP) is 5.00. The van der Waals surface area contributed by atoms with Crippen molar-refractivity contribution in [1.29, 1.82) is 0 Å². The zero-order valence-electron chi connectivity index (χ0n) is 8.38. The smallest absolute Gasteiger partial charge is 0.141 e. The van der Waals surface area contributed by atoms with E-state index in [1.165, 1.54) is 23.5 Å². The molecular formula is C11H7BrCl2FNS. The Balaban J connectivity index is 2.36. The van der Waals surface area contributed by atoms with Crippen molar-refractivity contribution in [2.45, 2.75) is 6.04 Å². The van der Waals surface area contributed by atoms with E-state index in [-0.39, 0.29) is 11.1 Å². The Hall–Kier alpha value is -0.130. The second-order valence-electron chi connectivity index (χ2n) is 3.42. The Morgan fingerprint density at radius 3 is 2.47 bits per heavy atom. The number of halogens is 4. The molecule has 90 valence electrons. The van der Waals surface area contributed by atoms with Gasteiger partial charge in [0.15, 0.2) is 0 Å². The normalized spacial score (nSPS) is 12.8. The van der Waals surface area contributed by atoms with E-state index in [4.69, 9.17) is 28.9 Å². The van der Waals surface area contributed by atoms with Gasteiger partial charge in [0, 0.05) is 4.88 Å². The van der Waals surface area contributed by atoms with Gasteiger partial charge in [0.25, 0.3) is 0 Å². The third kappa shape index (κ3) is 2.83. The van der Waals surface area contributed by atoms with Gasteiger partial charge in [-0.25, -0.2) is 4.39 Å². The fraction of sp³-hybridized carbons (Fsp3) is 0.0909. The second-order valence-corrected chi connectivity index (χ2v) is 6.64. The van der Waals surface area contributed by atoms with Crippen LogP contribution in [0.3, 0.4) is 0 Å². The first kappa shape index (κ1) is 13.3. The summed E-state index contributed by atoms with van der Waals surface area (Å²) < 4.78 is 13.9. The third-order valence-corrected chi connectivity index (χ3v) is 5.12. The molecule has 1 nitrogen and oxygen atoms in total. The van der Waals surface area contributed by atoms with E-state index in [0.717, 1.165) is 14.2 Å². The van der Waals surface area contributed by atoms with E-state index in [0.29, 0.717) is 5.02 Å². The number of hydrogen-bond acceptors (Lipinski definition) is 2. The van der Waals surface area contributed by atoms with Gasteiger partial charge in [0.1, 0.15) is 5.82 Å². The molecule has 1 heterocycles. The molecule has 1 unspecified atom stereocenters. The van der Waals surface area contributed by atoms with E-state index in [9.17, 15) is 4.39 Å². The maximum atomic E-state index is 13.0. The van der Waals surface area contributed by atoms with Gasteiger partial charge in [-0.15, -0.1) is 11.3 Å². The molecule has 2 rings (SSSR count). The standard InChI is InChI=1S/C11H7BrCl2FNS/c12-11-7(14)4-9(17-11)10(16)5-1-2-8(15)6(13)3-5/h1-4,10H,16H2. The fourth-order valence-corrected chi connectivity index (χ4v) is 3.35. The molecule has 0 aliphatic carbocycles. The van der Waals surface area contributed by atoms with Crippen molar-refractivity contribution in [2.75, 3.05) is 0 Å². The van der Waals surface area contributed by atoms with Crippen LogP contribution in [0.5, 0.6) is 0 Å². The number of rotatable bonds is 2. The Labute approximate surface area is 120 Å². The van der Waals surface area contributed by atoms with Gasteiger partial charge in [0.05, 0.1) is 19.9 Å². The van der Waals surface area contributed by atoms with Crippen LogP contribution in [0.2, 0.25) is 10.0 Å². The van der Waals surface area contributed by atoms with E-state index < -0.39 is 5.82 Å². The highest BCUT2D eigenvalue weighted by molar-refractivity contribution is 9.11. The minimum atomic E-state index is -0.451. The monoisotopic (exact) mass is 353 g/mol. The van der Waals surface area contributed by atoms with Crippen LogP contribution in [0.1, 0.15) is 16.5 Å². The lowest BCUT2D eigenvalue weighted by atomic mass is 10.1. The largest absolute Gasteiger partial charge is 0.320 e. The third-order valence-electron chi connectivity index (χ3n) is 2.27. The molecule has 0 aliphatic rings. The van der Waals surface area contributed by atoms with Crippen molar-refractivity contribution in [3.8, 4) is 0 Å². The molecule has 17 heavy (non-hydrogen) atoms. The molecule has 1 atom stereocenters. The molecule has 0 bridgehead atoms. The van der Waals surface area contributed by atoms with E-state index in [2.05, 4.69) is 15.9 Å². The minimum absolute atomic E-state index is 0.0691. The van der Waals surface area contributed by atoms with Crippen LogP contribution in [0.25, 0.3) is 0 Å². The van der Waals surface area contributed by atoms with Gasteiger partial charge in [-0.2, -0.15) is 0 Å². The number of hydrogen-bond donors (Lipinski definition) is 1. The van der Waals surface area contributed by atoms with Crippen LogP contribution in [-0.4, -0.2) is 0 Å². The fourth-order valence-electron chi connectivity index (χ4n) is 1.39. The van der Waals surface area contributed by atoms with Gasteiger partial charge in [0.2, 0.25) is 0 Å². The maximum Gasteiger partial charge on any atom is 0.141 e. The zero-order chi connectivity index (χ0) is 12.6. The van der Waals surface area contributed by atoms with E-state index in [1.54, 1.807) is 12.1 Å². The van der Waals surface area contributed by atoms with Crippen LogP contribution in [0, 0.1) is 5.82 Å². The molecule has 2 N–H and O–H groups in total. The highest BCUT2D eigenvalue weighted by atomic mass is 79.9. The van der Waals surface area contributed by atoms with Crippen molar-refractivity contribution < 1.29 is 4.39 Å². The van der Waals surface area contributed by atoms with Crippen molar-refractivity contribution in [3.63, 3.8) is 0 Å². The summed E-state index contributed by atoms with van der Waals surface area (Å²) in [5, 5.41) is 0.688. The Kier molecular flexibility index (Phi) is 4.10. The average Bonchev–Trinajstić information content (AvgIpc) is 2.62. The first-order chi connectivity index (χ1) is 7.99. The van der Waals surface area contributed by atoms with E-state index in [1.807, 2.05) is 0 Å². The first-order valence-corrected chi connectivity index (χ1v) is 7.01. The maximum absolute atomic E-state index is 13.0. The molecule has 0 amide bonds. The number of benzene rings is 1. The van der Waals surface area contributed by atoms with Crippen molar-refractivity contribution in [2.24, 2.45) is 5.73 Å². The van der Waals surface area contributed by atoms with E-state index >= 15 is 0 Å². The molecular weight excluding hydrogens is 348 g/mol. The average molecular weight is 355 g/mol. The highest BCUT2D eigenvalue weighted by Crippen LogP contribution is 2.36. The van der Waals surface area contributed by atoms with Crippen molar-refractivity contribution >= 4 is 50.5 Å². The summed E-state index contributed by atoms with van der Waals surface area (Å²) in [5.41, 5.74) is 6.82. The minimum Gasteiger partial charge on any atom is -0.320 e. The summed E-state index contributed by atoms with van der Waals surface area (Å²) in [4.78, 5) is 0.893. The summed E-state index contributed by atoms with van der Waals surface area (Å²) in [7, 11) is 0. The lowest BCUT2D eigenvalue weighted by molar-refractivity contribution is 0.627. The zero-order valence-corrected chi connectivity index (χ0v) is 12.3. The molecule has 0 aliphatic heterocycles. The van der Waals surface area contributed by atoms with Gasteiger partial charge < -0.3 is 5.73 Å². The lowest BCUT2D eigenvalue weighted by Crippen LogP contribution is -2.10. The van der Waals surface area contributed by atoms with Gasteiger partial charge >= 0.3 is 0 Å². The topological polar surface area (TPSA) is 26.0 Å². The number of nitrogens with two attached hydrogens (primary N) is 1. The van der Waals surface area contributed by atoms with Crippen LogP contribution in [-0.2, 0) is 0 Å². The molecule has 0 radical (unpaired) electrons. The van der Waals surface area contributed by atoms with Crippen LogP contribution >= 0.6 is 50.5 Å². The molecule has 0 fully saturated rings. The highest BCUT2D eigenvalue weighted by Gasteiger charge is 2.15. The van der Waals surface area contributed by atoms with Crippen LogP contribution in [0.15, 0.2) is 28.1 Å². The summed E-state index contributed by atoms with van der Waals surface area (Å²) in [6, 6.07) is 5.89. The van der Waals surface area contributed by atoms with Gasteiger partial charge in [-0.3, -0.25) is 0 Å². The summed E-state index contributed by atoms with van der Waals surface area (Å²) >= 11 is 16.4.